The number of nitrogens with zero attached hydrogens (tertiary/aromatic N) is 3. The molecule has 0 radical (unpaired) electrons. The second-order valence-corrected chi connectivity index (χ2v) is 11.1. The summed E-state index contributed by atoms with van der Waals surface area (Å²) >= 11 is 0. The van der Waals surface area contributed by atoms with Gasteiger partial charge in [-0.25, -0.2) is 18.6 Å². The first-order valence-electron chi connectivity index (χ1n) is 10.6. The van der Waals surface area contributed by atoms with Crippen molar-refractivity contribution in [3.8, 4) is 5.75 Å². The van der Waals surface area contributed by atoms with Gasteiger partial charge in [0.2, 0.25) is 0 Å². The zero-order valence-electron chi connectivity index (χ0n) is 18.8. The van der Waals surface area contributed by atoms with Crippen LogP contribution in [0.3, 0.4) is 0 Å². The fourth-order valence-corrected chi connectivity index (χ4v) is 4.93. The van der Waals surface area contributed by atoms with Crippen molar-refractivity contribution in [1.82, 2.24) is 9.97 Å². The highest BCUT2D eigenvalue weighted by Crippen LogP contribution is 2.32. The van der Waals surface area contributed by atoms with Gasteiger partial charge in [-0.15, -0.1) is 0 Å². The maximum Gasteiger partial charge on any atom is 0.126 e. The minimum atomic E-state index is -2.28. The van der Waals surface area contributed by atoms with Crippen LogP contribution in [0.2, 0.25) is 0 Å². The Hall–Kier alpha value is -2.58. The molecule has 1 saturated carbocycles. The fraction of sp³-hybridized carbons (Fsp3) is 0.417. The third-order valence-corrected chi connectivity index (χ3v) is 6.33. The van der Waals surface area contributed by atoms with E-state index in [1.165, 1.54) is 18.5 Å². The van der Waals surface area contributed by atoms with E-state index in [1.807, 2.05) is 19.1 Å². The van der Waals surface area contributed by atoms with E-state index in [-0.39, 0.29) is 18.0 Å². The van der Waals surface area contributed by atoms with Gasteiger partial charge in [-0.05, 0) is 49.9 Å². The Morgan fingerprint density at radius 2 is 1.94 bits per heavy atom. The summed E-state index contributed by atoms with van der Waals surface area (Å²) in [6.45, 7) is 1.96. The van der Waals surface area contributed by atoms with Crippen molar-refractivity contribution >= 4 is 26.3 Å². The van der Waals surface area contributed by atoms with Crippen molar-refractivity contribution in [2.24, 2.45) is 4.36 Å². The SMILES string of the molecule is CO[C@@H]1CCC[C@H]1Oc1cc(F)ccc1Cc1ncnc2cc(N=S(C)(C)=O)cc(C)c12. The van der Waals surface area contributed by atoms with Gasteiger partial charge in [-0.1, -0.05) is 6.07 Å². The quantitative estimate of drug-likeness (QED) is 0.522. The molecule has 4 rings (SSSR count). The lowest BCUT2D eigenvalue weighted by atomic mass is 10.0. The molecule has 32 heavy (non-hydrogen) atoms. The van der Waals surface area contributed by atoms with E-state index in [0.717, 1.165) is 47.0 Å². The molecule has 1 aliphatic rings. The molecule has 3 aromatic rings. The van der Waals surface area contributed by atoms with E-state index in [4.69, 9.17) is 9.47 Å². The van der Waals surface area contributed by atoms with Gasteiger partial charge in [0.05, 0.1) is 23.0 Å². The third kappa shape index (κ3) is 5.07. The first-order valence-corrected chi connectivity index (χ1v) is 13.0. The molecule has 1 fully saturated rings. The van der Waals surface area contributed by atoms with Gasteiger partial charge >= 0.3 is 0 Å². The van der Waals surface area contributed by atoms with Crippen LogP contribution in [0.4, 0.5) is 10.1 Å². The highest BCUT2D eigenvalue weighted by atomic mass is 32.2. The summed E-state index contributed by atoms with van der Waals surface area (Å²) in [5.41, 5.74) is 3.98. The number of fused-ring (bicyclic) bond motifs is 1. The standard InChI is InChI=1S/C24H28FN3O3S/c1-15-10-18(28-32(3,4)29)13-20-24(15)19(26-14-27-20)11-16-8-9-17(25)12-23(16)31-22-7-5-6-21(22)30-2/h8-10,12-14,21-22H,5-7,11H2,1-4H3/t21-,22-/m1/s1. The Balaban J connectivity index is 1.72. The van der Waals surface area contributed by atoms with Crippen LogP contribution >= 0.6 is 0 Å². The van der Waals surface area contributed by atoms with Gasteiger partial charge in [0.15, 0.2) is 0 Å². The lowest BCUT2D eigenvalue weighted by Crippen LogP contribution is -2.28. The molecule has 1 aromatic heterocycles. The molecular formula is C24H28FN3O3S. The Labute approximate surface area is 188 Å². The van der Waals surface area contributed by atoms with E-state index in [2.05, 4.69) is 14.3 Å². The summed E-state index contributed by atoms with van der Waals surface area (Å²) in [7, 11) is -0.595. The maximum absolute atomic E-state index is 14.1. The summed E-state index contributed by atoms with van der Waals surface area (Å²) < 4.78 is 42.2. The Morgan fingerprint density at radius 3 is 2.69 bits per heavy atom. The van der Waals surface area contributed by atoms with Crippen LogP contribution in [0.5, 0.6) is 5.75 Å². The van der Waals surface area contributed by atoms with Crippen molar-refractivity contribution in [2.45, 2.75) is 44.8 Å². The third-order valence-electron chi connectivity index (χ3n) is 5.68. The van der Waals surface area contributed by atoms with E-state index in [9.17, 15) is 8.60 Å². The number of aryl methyl sites for hydroxylation is 1. The van der Waals surface area contributed by atoms with E-state index >= 15 is 0 Å². The van der Waals surface area contributed by atoms with Gasteiger partial charge in [-0.2, -0.15) is 4.36 Å². The number of hydrogen-bond acceptors (Lipinski definition) is 6. The molecule has 2 atom stereocenters. The lowest BCUT2D eigenvalue weighted by Gasteiger charge is -2.22. The van der Waals surface area contributed by atoms with Crippen LogP contribution in [0.1, 0.15) is 36.1 Å². The largest absolute Gasteiger partial charge is 0.487 e. The summed E-state index contributed by atoms with van der Waals surface area (Å²) in [5.74, 6) is 0.181. The summed E-state index contributed by atoms with van der Waals surface area (Å²) in [6.07, 6.45) is 7.96. The molecule has 6 nitrogen and oxygen atoms in total. The van der Waals surface area contributed by atoms with Crippen LogP contribution in [0, 0.1) is 12.7 Å². The second-order valence-electron chi connectivity index (χ2n) is 8.54. The molecule has 0 amide bonds. The highest BCUT2D eigenvalue weighted by Gasteiger charge is 2.29. The number of aromatic nitrogens is 2. The van der Waals surface area contributed by atoms with Crippen molar-refractivity contribution in [1.29, 1.82) is 0 Å². The predicted molar refractivity (Wildman–Crippen MR) is 125 cm³/mol. The number of benzene rings is 2. The first kappa shape index (κ1) is 22.6. The van der Waals surface area contributed by atoms with Crippen LogP contribution in [0.25, 0.3) is 10.9 Å². The average Bonchev–Trinajstić information content (AvgIpc) is 3.15. The number of halogens is 1. The Morgan fingerprint density at radius 1 is 1.16 bits per heavy atom. The zero-order valence-corrected chi connectivity index (χ0v) is 19.6. The lowest BCUT2D eigenvalue weighted by molar-refractivity contribution is 0.0224. The predicted octanol–water partition coefficient (Wildman–Crippen LogP) is 4.97. The Bertz CT molecular complexity index is 1260. The molecule has 1 heterocycles. The van der Waals surface area contributed by atoms with Crippen molar-refractivity contribution < 1.29 is 18.1 Å². The van der Waals surface area contributed by atoms with Gasteiger partial charge in [0, 0.05) is 52.8 Å². The molecule has 0 saturated heterocycles. The minimum Gasteiger partial charge on any atom is -0.487 e. The smallest absolute Gasteiger partial charge is 0.126 e. The molecule has 0 N–H and O–H groups in total. The van der Waals surface area contributed by atoms with Gasteiger partial charge in [0.1, 0.15) is 24.0 Å². The molecule has 0 unspecified atom stereocenters. The summed E-state index contributed by atoms with van der Waals surface area (Å²) in [5, 5.41) is 0.913. The van der Waals surface area contributed by atoms with Crippen LogP contribution in [0.15, 0.2) is 41.0 Å². The number of ether oxygens (including phenoxy) is 2. The van der Waals surface area contributed by atoms with E-state index in [0.29, 0.717) is 17.9 Å². The van der Waals surface area contributed by atoms with Crippen LogP contribution in [-0.2, 0) is 20.9 Å². The summed E-state index contributed by atoms with van der Waals surface area (Å²) in [6, 6.07) is 8.34. The van der Waals surface area contributed by atoms with Gasteiger partial charge < -0.3 is 9.47 Å². The minimum absolute atomic E-state index is 0.0165. The van der Waals surface area contributed by atoms with Crippen LogP contribution in [-0.4, -0.2) is 46.0 Å². The second kappa shape index (κ2) is 9.11. The van der Waals surface area contributed by atoms with Crippen molar-refractivity contribution in [3.05, 3.63) is 59.3 Å². The van der Waals surface area contributed by atoms with E-state index in [1.54, 1.807) is 25.7 Å². The fourth-order valence-electron chi connectivity index (χ4n) is 4.32. The normalized spacial score (nSPS) is 18.8. The van der Waals surface area contributed by atoms with Crippen molar-refractivity contribution in [2.75, 3.05) is 19.6 Å². The summed E-state index contributed by atoms with van der Waals surface area (Å²) in [4.78, 5) is 8.93. The molecule has 2 aromatic carbocycles. The molecular weight excluding hydrogens is 429 g/mol. The molecule has 8 heteroatoms. The molecule has 0 aliphatic heterocycles. The highest BCUT2D eigenvalue weighted by molar-refractivity contribution is 7.92. The van der Waals surface area contributed by atoms with E-state index < -0.39 is 9.73 Å². The maximum atomic E-state index is 14.1. The van der Waals surface area contributed by atoms with Gasteiger partial charge in [0.25, 0.3) is 0 Å². The zero-order chi connectivity index (χ0) is 22.9. The monoisotopic (exact) mass is 457 g/mol. The van der Waals surface area contributed by atoms with Crippen LogP contribution < -0.4 is 4.74 Å². The number of rotatable bonds is 6. The number of hydrogen-bond donors (Lipinski definition) is 0. The number of methoxy groups -OCH3 is 1. The molecule has 0 bridgehead atoms. The molecule has 1 aliphatic carbocycles. The average molecular weight is 458 g/mol. The first-order chi connectivity index (χ1) is 15.2. The molecule has 0 spiro atoms. The van der Waals surface area contributed by atoms with Gasteiger partial charge in [-0.3, -0.25) is 0 Å². The topological polar surface area (TPSA) is 73.7 Å². The Kier molecular flexibility index (Phi) is 6.44. The van der Waals surface area contributed by atoms with Crippen molar-refractivity contribution in [3.63, 3.8) is 0 Å². The molecule has 170 valence electrons.